The maximum Gasteiger partial charge on any atom is 0.273 e. The number of carbonyl (C=O) groups is 1. The lowest BCUT2D eigenvalue weighted by atomic mass is 10.1. The van der Waals surface area contributed by atoms with E-state index in [9.17, 15) is 13.2 Å². The van der Waals surface area contributed by atoms with Gasteiger partial charge in [0.1, 0.15) is 10.3 Å². The number of rotatable bonds is 6. The zero-order valence-electron chi connectivity index (χ0n) is 12.7. The van der Waals surface area contributed by atoms with E-state index in [1.54, 1.807) is 13.0 Å². The number of carbonyl (C=O) groups excluding carboxylic acids is 1. The van der Waals surface area contributed by atoms with E-state index in [2.05, 4.69) is 4.72 Å². The summed E-state index contributed by atoms with van der Waals surface area (Å²) in [7, 11) is -3.82. The van der Waals surface area contributed by atoms with Crippen molar-refractivity contribution in [3.63, 3.8) is 0 Å². The van der Waals surface area contributed by atoms with Gasteiger partial charge in [0, 0.05) is 11.5 Å². The Hall–Kier alpha value is -0.960. The molecule has 0 saturated carbocycles. The molecule has 1 saturated heterocycles. The number of hydrogen-bond acceptors (Lipinski definition) is 6. The largest absolute Gasteiger partial charge is 0.376 e. The molecule has 2 rings (SSSR count). The average molecular weight is 347 g/mol. The molecule has 1 aliphatic rings. The minimum atomic E-state index is -3.82. The van der Waals surface area contributed by atoms with Gasteiger partial charge in [-0.05, 0) is 45.2 Å². The Labute approximate surface area is 134 Å². The summed E-state index contributed by atoms with van der Waals surface area (Å²) in [4.78, 5) is 12.8. The van der Waals surface area contributed by atoms with Crippen LogP contribution in [0.1, 0.15) is 31.1 Å². The molecule has 0 radical (unpaired) electrons. The molecule has 124 valence electrons. The minimum absolute atomic E-state index is 0.0134. The van der Waals surface area contributed by atoms with Gasteiger partial charge in [-0.15, -0.1) is 11.3 Å². The van der Waals surface area contributed by atoms with Crippen molar-refractivity contribution < 1.29 is 22.7 Å². The summed E-state index contributed by atoms with van der Waals surface area (Å²) in [6.07, 6.45) is 2.18. The number of aryl methyl sites for hydroxylation is 1. The van der Waals surface area contributed by atoms with Crippen LogP contribution < -0.4 is 4.72 Å². The van der Waals surface area contributed by atoms with Crippen molar-refractivity contribution in [3.05, 3.63) is 17.0 Å². The second-order valence-electron chi connectivity index (χ2n) is 5.30. The van der Waals surface area contributed by atoms with Crippen LogP contribution >= 0.6 is 11.3 Å². The van der Waals surface area contributed by atoms with Crippen LogP contribution in [-0.2, 0) is 24.3 Å². The third-order valence-corrected chi connectivity index (χ3v) is 6.23. The molecule has 22 heavy (non-hydrogen) atoms. The third-order valence-electron chi connectivity index (χ3n) is 3.39. The van der Waals surface area contributed by atoms with Gasteiger partial charge < -0.3 is 9.47 Å². The van der Waals surface area contributed by atoms with Crippen LogP contribution in [0.15, 0.2) is 16.3 Å². The highest BCUT2D eigenvalue weighted by Gasteiger charge is 2.24. The van der Waals surface area contributed by atoms with Crippen molar-refractivity contribution in [1.82, 2.24) is 4.72 Å². The van der Waals surface area contributed by atoms with Crippen molar-refractivity contribution in [2.45, 2.75) is 49.5 Å². The smallest absolute Gasteiger partial charge is 0.273 e. The fourth-order valence-electron chi connectivity index (χ4n) is 2.09. The Morgan fingerprint density at radius 3 is 2.86 bits per heavy atom. The second kappa shape index (κ2) is 7.54. The molecule has 6 nitrogen and oxygen atoms in total. The first-order chi connectivity index (χ1) is 10.4. The van der Waals surface area contributed by atoms with Gasteiger partial charge in [-0.1, -0.05) is 0 Å². The summed E-state index contributed by atoms with van der Waals surface area (Å²) < 4.78 is 37.2. The normalized spacial score (nSPS) is 20.5. The summed E-state index contributed by atoms with van der Waals surface area (Å²) in [5, 5.41) is 0. The Morgan fingerprint density at radius 2 is 2.27 bits per heavy atom. The standard InChI is InChI=1S/C14H21NO5S2/c1-10-6-7-13(21-10)22(17,18)15-14(16)11(2)20-9-12-5-3-4-8-19-12/h6-7,11-12H,3-5,8-9H2,1-2H3,(H,15,16)/t11-,12+/m1/s1. The molecule has 2 heterocycles. The van der Waals surface area contributed by atoms with E-state index in [1.165, 1.54) is 13.0 Å². The molecule has 1 aromatic rings. The first-order valence-electron chi connectivity index (χ1n) is 7.25. The zero-order valence-corrected chi connectivity index (χ0v) is 14.3. The highest BCUT2D eigenvalue weighted by molar-refractivity contribution is 7.92. The number of ether oxygens (including phenoxy) is 2. The molecular formula is C14H21NO5S2. The van der Waals surface area contributed by atoms with Crippen LogP contribution in [0.2, 0.25) is 0 Å². The maximum absolute atomic E-state index is 12.1. The topological polar surface area (TPSA) is 81.7 Å². The van der Waals surface area contributed by atoms with Gasteiger partial charge in [-0.25, -0.2) is 13.1 Å². The molecule has 8 heteroatoms. The molecular weight excluding hydrogens is 326 g/mol. The molecule has 1 aromatic heterocycles. The van der Waals surface area contributed by atoms with Gasteiger partial charge in [0.05, 0.1) is 12.7 Å². The van der Waals surface area contributed by atoms with Crippen LogP contribution in [0.3, 0.4) is 0 Å². The lowest BCUT2D eigenvalue weighted by Crippen LogP contribution is -2.39. The number of hydrogen-bond donors (Lipinski definition) is 1. The van der Waals surface area contributed by atoms with Crippen LogP contribution in [0.4, 0.5) is 0 Å². The average Bonchev–Trinajstić information content (AvgIpc) is 2.93. The van der Waals surface area contributed by atoms with E-state index in [4.69, 9.17) is 9.47 Å². The third kappa shape index (κ3) is 4.77. The molecule has 1 amide bonds. The highest BCUT2D eigenvalue weighted by Crippen LogP contribution is 2.20. The molecule has 0 spiro atoms. The second-order valence-corrected chi connectivity index (χ2v) is 8.50. The molecule has 0 bridgehead atoms. The van der Waals surface area contributed by atoms with Crippen LogP contribution in [0.5, 0.6) is 0 Å². The number of amides is 1. The maximum atomic E-state index is 12.1. The summed E-state index contributed by atoms with van der Waals surface area (Å²) in [6.45, 7) is 4.35. The fourth-order valence-corrected chi connectivity index (χ4v) is 4.41. The Bertz CT molecular complexity index is 605. The van der Waals surface area contributed by atoms with Crippen molar-refractivity contribution in [2.75, 3.05) is 13.2 Å². The van der Waals surface area contributed by atoms with Crippen LogP contribution in [0, 0.1) is 6.92 Å². The van der Waals surface area contributed by atoms with Gasteiger partial charge in [-0.3, -0.25) is 4.79 Å². The molecule has 0 unspecified atom stereocenters. The van der Waals surface area contributed by atoms with Gasteiger partial charge in [-0.2, -0.15) is 0 Å². The van der Waals surface area contributed by atoms with Gasteiger partial charge in [0.25, 0.3) is 15.9 Å². The Balaban J connectivity index is 1.85. The van der Waals surface area contributed by atoms with E-state index >= 15 is 0 Å². The van der Waals surface area contributed by atoms with E-state index in [1.807, 2.05) is 0 Å². The minimum Gasteiger partial charge on any atom is -0.376 e. The van der Waals surface area contributed by atoms with Crippen molar-refractivity contribution in [2.24, 2.45) is 0 Å². The SMILES string of the molecule is Cc1ccc(S(=O)(=O)NC(=O)[C@@H](C)OC[C@@H]2CCCCO2)s1. The van der Waals surface area contributed by atoms with Crippen molar-refractivity contribution in [1.29, 1.82) is 0 Å². The highest BCUT2D eigenvalue weighted by atomic mass is 32.2. The summed E-state index contributed by atoms with van der Waals surface area (Å²) in [5.41, 5.74) is 0. The van der Waals surface area contributed by atoms with E-state index in [0.717, 1.165) is 35.5 Å². The molecule has 1 fully saturated rings. The molecule has 2 atom stereocenters. The quantitative estimate of drug-likeness (QED) is 0.849. The number of sulfonamides is 1. The fraction of sp³-hybridized carbons (Fsp3) is 0.643. The van der Waals surface area contributed by atoms with Gasteiger partial charge in [0.2, 0.25) is 0 Å². The first-order valence-corrected chi connectivity index (χ1v) is 9.55. The number of nitrogens with one attached hydrogen (secondary N) is 1. The van der Waals surface area contributed by atoms with E-state index in [-0.39, 0.29) is 10.3 Å². The first kappa shape index (κ1) is 17.4. The molecule has 1 aliphatic heterocycles. The van der Waals surface area contributed by atoms with Gasteiger partial charge >= 0.3 is 0 Å². The lowest BCUT2D eigenvalue weighted by Gasteiger charge is -2.23. The van der Waals surface area contributed by atoms with Crippen molar-refractivity contribution in [3.8, 4) is 0 Å². The molecule has 0 aliphatic carbocycles. The summed E-state index contributed by atoms with van der Waals surface area (Å²) in [5.74, 6) is -0.665. The molecule has 1 N–H and O–H groups in total. The van der Waals surface area contributed by atoms with Crippen LogP contribution in [-0.4, -0.2) is 39.7 Å². The zero-order chi connectivity index (χ0) is 16.2. The number of thiophene rings is 1. The Morgan fingerprint density at radius 1 is 1.50 bits per heavy atom. The monoisotopic (exact) mass is 347 g/mol. The van der Waals surface area contributed by atoms with Crippen molar-refractivity contribution >= 4 is 27.3 Å². The predicted molar refractivity (Wildman–Crippen MR) is 83.4 cm³/mol. The van der Waals surface area contributed by atoms with Crippen LogP contribution in [0.25, 0.3) is 0 Å². The molecule has 0 aromatic carbocycles. The Kier molecular flexibility index (Phi) is 5.96. The van der Waals surface area contributed by atoms with E-state index in [0.29, 0.717) is 13.2 Å². The van der Waals surface area contributed by atoms with E-state index < -0.39 is 22.0 Å². The summed E-state index contributed by atoms with van der Waals surface area (Å²) in [6, 6.07) is 3.18. The van der Waals surface area contributed by atoms with Gasteiger partial charge in [0.15, 0.2) is 0 Å². The summed E-state index contributed by atoms with van der Waals surface area (Å²) >= 11 is 1.12. The lowest BCUT2D eigenvalue weighted by molar-refractivity contribution is -0.133. The predicted octanol–water partition coefficient (Wildman–Crippen LogP) is 1.84.